The number of nitrogens with one attached hydrogen (secondary N) is 1. The molecule has 2 unspecified atom stereocenters. The van der Waals surface area contributed by atoms with Crippen molar-refractivity contribution in [1.82, 2.24) is 15.5 Å². The molecular weight excluding hydrogens is 258 g/mol. The first-order valence-electron chi connectivity index (χ1n) is 6.88. The van der Waals surface area contributed by atoms with Gasteiger partial charge in [-0.3, -0.25) is 0 Å². The quantitative estimate of drug-likeness (QED) is 0.867. The summed E-state index contributed by atoms with van der Waals surface area (Å²) < 4.78 is 5.68. The predicted octanol–water partition coefficient (Wildman–Crippen LogP) is 3.45. The van der Waals surface area contributed by atoms with Gasteiger partial charge in [-0.15, -0.1) is 11.8 Å². The van der Waals surface area contributed by atoms with Crippen LogP contribution in [0.25, 0.3) is 0 Å². The molecule has 1 N–H and O–H groups in total. The standard InChI is InChI=1S/C14H27N3OS/c1-9(2)12(10(3)15-7)13-16-11(17-18-13)8-19-14(4,5)6/h9-10,12,15H,8H2,1-7H3. The molecule has 0 amide bonds. The normalized spacial score (nSPS) is 15.8. The molecule has 0 fully saturated rings. The highest BCUT2D eigenvalue weighted by Crippen LogP contribution is 2.29. The lowest BCUT2D eigenvalue weighted by atomic mass is 9.89. The number of thioether (sulfide) groups is 1. The first-order valence-corrected chi connectivity index (χ1v) is 7.87. The van der Waals surface area contributed by atoms with Gasteiger partial charge in [0.25, 0.3) is 0 Å². The van der Waals surface area contributed by atoms with Crippen LogP contribution in [0.5, 0.6) is 0 Å². The molecule has 110 valence electrons. The second kappa shape index (κ2) is 6.75. The van der Waals surface area contributed by atoms with E-state index in [1.165, 1.54) is 0 Å². The molecule has 5 heteroatoms. The van der Waals surface area contributed by atoms with Crippen molar-refractivity contribution in [3.8, 4) is 0 Å². The Labute approximate surface area is 121 Å². The summed E-state index contributed by atoms with van der Waals surface area (Å²) in [5, 5.41) is 7.38. The van der Waals surface area contributed by atoms with Gasteiger partial charge in [0.2, 0.25) is 5.89 Å². The van der Waals surface area contributed by atoms with Gasteiger partial charge < -0.3 is 9.84 Å². The van der Waals surface area contributed by atoms with Gasteiger partial charge in [0.1, 0.15) is 0 Å². The van der Waals surface area contributed by atoms with Gasteiger partial charge in [-0.1, -0.05) is 39.8 Å². The summed E-state index contributed by atoms with van der Waals surface area (Å²) in [4.78, 5) is 4.57. The van der Waals surface area contributed by atoms with E-state index < -0.39 is 0 Å². The van der Waals surface area contributed by atoms with Crippen LogP contribution < -0.4 is 5.32 Å². The third-order valence-corrected chi connectivity index (χ3v) is 4.38. The van der Waals surface area contributed by atoms with Crippen molar-refractivity contribution in [3.05, 3.63) is 11.7 Å². The smallest absolute Gasteiger partial charge is 0.231 e. The zero-order valence-corrected chi connectivity index (χ0v) is 14.0. The fraction of sp³-hybridized carbons (Fsp3) is 0.857. The van der Waals surface area contributed by atoms with E-state index >= 15 is 0 Å². The van der Waals surface area contributed by atoms with Crippen LogP contribution in [-0.4, -0.2) is 28.0 Å². The van der Waals surface area contributed by atoms with Crippen LogP contribution >= 0.6 is 11.8 Å². The van der Waals surface area contributed by atoms with E-state index in [0.717, 1.165) is 17.5 Å². The molecule has 19 heavy (non-hydrogen) atoms. The molecular formula is C14H27N3OS. The SMILES string of the molecule is CNC(C)C(c1nc(CSC(C)(C)C)no1)C(C)C. The van der Waals surface area contributed by atoms with Crippen molar-refractivity contribution in [2.45, 2.75) is 64.0 Å². The summed E-state index contributed by atoms with van der Waals surface area (Å²) in [6.07, 6.45) is 0. The van der Waals surface area contributed by atoms with Gasteiger partial charge in [-0.05, 0) is 19.9 Å². The molecule has 1 aromatic rings. The summed E-state index contributed by atoms with van der Waals surface area (Å²) >= 11 is 1.83. The van der Waals surface area contributed by atoms with Gasteiger partial charge in [-0.25, -0.2) is 0 Å². The molecule has 2 atom stereocenters. The summed E-state index contributed by atoms with van der Waals surface area (Å²) in [7, 11) is 1.97. The minimum atomic E-state index is 0.219. The Kier molecular flexibility index (Phi) is 5.86. The van der Waals surface area contributed by atoms with Crippen LogP contribution in [0.4, 0.5) is 0 Å². The van der Waals surface area contributed by atoms with Crippen LogP contribution in [0.2, 0.25) is 0 Å². The van der Waals surface area contributed by atoms with Gasteiger partial charge in [-0.2, -0.15) is 4.98 Å². The third-order valence-electron chi connectivity index (χ3n) is 3.12. The van der Waals surface area contributed by atoms with Crippen LogP contribution in [0.3, 0.4) is 0 Å². The Balaban J connectivity index is 2.76. The average Bonchev–Trinajstić information content (AvgIpc) is 2.73. The molecule has 0 aliphatic heterocycles. The number of aromatic nitrogens is 2. The number of hydrogen-bond donors (Lipinski definition) is 1. The number of rotatable bonds is 6. The molecule has 0 aromatic carbocycles. The van der Waals surface area contributed by atoms with E-state index in [1.807, 2.05) is 18.8 Å². The van der Waals surface area contributed by atoms with E-state index in [0.29, 0.717) is 12.0 Å². The molecule has 0 spiro atoms. The van der Waals surface area contributed by atoms with Gasteiger partial charge >= 0.3 is 0 Å². The average molecular weight is 285 g/mol. The lowest BCUT2D eigenvalue weighted by Gasteiger charge is -2.23. The first-order chi connectivity index (χ1) is 8.74. The third kappa shape index (κ3) is 5.15. The second-order valence-corrected chi connectivity index (χ2v) is 8.10. The molecule has 0 saturated carbocycles. The van der Waals surface area contributed by atoms with Crippen LogP contribution in [0, 0.1) is 5.92 Å². The van der Waals surface area contributed by atoms with Gasteiger partial charge in [0, 0.05) is 10.8 Å². The molecule has 1 heterocycles. The van der Waals surface area contributed by atoms with E-state index in [-0.39, 0.29) is 10.7 Å². The van der Waals surface area contributed by atoms with Crippen molar-refractivity contribution in [1.29, 1.82) is 0 Å². The van der Waals surface area contributed by atoms with Crippen molar-refractivity contribution in [3.63, 3.8) is 0 Å². The molecule has 4 nitrogen and oxygen atoms in total. The number of nitrogens with zero attached hydrogens (tertiary/aromatic N) is 2. The summed E-state index contributed by atoms with van der Waals surface area (Å²) in [5.74, 6) is 3.06. The van der Waals surface area contributed by atoms with Crippen molar-refractivity contribution < 1.29 is 4.52 Å². The molecule has 0 bridgehead atoms. The van der Waals surface area contributed by atoms with Crippen LogP contribution in [0.1, 0.15) is 59.2 Å². The number of likely N-dealkylation sites (N-methyl/N-ethyl adjacent to an activating group) is 1. The zero-order chi connectivity index (χ0) is 14.6. The highest BCUT2D eigenvalue weighted by atomic mass is 32.2. The summed E-state index contributed by atoms with van der Waals surface area (Å²) in [6, 6.07) is 0.323. The van der Waals surface area contributed by atoms with E-state index in [2.05, 4.69) is 57.0 Å². The largest absolute Gasteiger partial charge is 0.339 e. The fourth-order valence-corrected chi connectivity index (χ4v) is 2.68. The van der Waals surface area contributed by atoms with Gasteiger partial charge in [0.15, 0.2) is 5.82 Å². The maximum atomic E-state index is 5.46. The molecule has 0 aliphatic rings. The van der Waals surface area contributed by atoms with E-state index in [1.54, 1.807) is 0 Å². The van der Waals surface area contributed by atoms with E-state index in [4.69, 9.17) is 4.52 Å². The molecule has 1 rings (SSSR count). The Morgan fingerprint density at radius 2 is 1.89 bits per heavy atom. The summed E-state index contributed by atoms with van der Waals surface area (Å²) in [6.45, 7) is 13.1. The highest BCUT2D eigenvalue weighted by molar-refractivity contribution is 7.99. The first kappa shape index (κ1) is 16.5. The zero-order valence-electron chi connectivity index (χ0n) is 13.2. The van der Waals surface area contributed by atoms with Crippen LogP contribution in [-0.2, 0) is 5.75 Å². The maximum absolute atomic E-state index is 5.46. The lowest BCUT2D eigenvalue weighted by molar-refractivity contribution is 0.285. The maximum Gasteiger partial charge on any atom is 0.231 e. The Morgan fingerprint density at radius 1 is 1.26 bits per heavy atom. The lowest BCUT2D eigenvalue weighted by Crippen LogP contribution is -2.32. The Hall–Kier alpha value is -0.550. The Bertz CT molecular complexity index is 384. The van der Waals surface area contributed by atoms with Crippen molar-refractivity contribution >= 4 is 11.8 Å². The van der Waals surface area contributed by atoms with E-state index in [9.17, 15) is 0 Å². The molecule has 0 aliphatic carbocycles. The topological polar surface area (TPSA) is 51.0 Å². The minimum absolute atomic E-state index is 0.219. The van der Waals surface area contributed by atoms with Gasteiger partial charge in [0.05, 0.1) is 11.7 Å². The highest BCUT2D eigenvalue weighted by Gasteiger charge is 2.27. The predicted molar refractivity (Wildman–Crippen MR) is 81.4 cm³/mol. The monoisotopic (exact) mass is 285 g/mol. The minimum Gasteiger partial charge on any atom is -0.339 e. The summed E-state index contributed by atoms with van der Waals surface area (Å²) in [5.41, 5.74) is 0. The number of hydrogen-bond acceptors (Lipinski definition) is 5. The second-order valence-electron chi connectivity index (χ2n) is 6.30. The molecule has 1 aromatic heterocycles. The van der Waals surface area contributed by atoms with Crippen LogP contribution in [0.15, 0.2) is 4.52 Å². The molecule has 0 radical (unpaired) electrons. The van der Waals surface area contributed by atoms with Crippen molar-refractivity contribution in [2.24, 2.45) is 5.92 Å². The Morgan fingerprint density at radius 3 is 2.37 bits per heavy atom. The van der Waals surface area contributed by atoms with Crippen molar-refractivity contribution in [2.75, 3.05) is 7.05 Å². The molecule has 0 saturated heterocycles. The fourth-order valence-electron chi connectivity index (χ4n) is 2.00.